The van der Waals surface area contributed by atoms with E-state index in [-0.39, 0.29) is 23.3 Å². The van der Waals surface area contributed by atoms with Gasteiger partial charge in [-0.15, -0.1) is 0 Å². The summed E-state index contributed by atoms with van der Waals surface area (Å²) < 4.78 is 0. The van der Waals surface area contributed by atoms with Crippen LogP contribution in [0.4, 0.5) is 0 Å². The number of hydrogen-bond acceptors (Lipinski definition) is 2. The Bertz CT molecular complexity index is 330. The van der Waals surface area contributed by atoms with Crippen LogP contribution in [-0.2, 0) is 9.59 Å². The van der Waals surface area contributed by atoms with E-state index in [1.165, 1.54) is 12.8 Å². The summed E-state index contributed by atoms with van der Waals surface area (Å²) in [4.78, 5) is 22.9. The lowest BCUT2D eigenvalue weighted by molar-refractivity contribution is -0.131. The van der Waals surface area contributed by atoms with Crippen LogP contribution in [0.2, 0.25) is 0 Å². The van der Waals surface area contributed by atoms with Crippen molar-refractivity contribution in [3.63, 3.8) is 0 Å². The van der Waals surface area contributed by atoms with E-state index in [0.29, 0.717) is 6.42 Å². The maximum Gasteiger partial charge on any atom is 0.223 e. The maximum atomic E-state index is 11.8. The Morgan fingerprint density at radius 2 is 2.19 bits per heavy atom. The second-order valence-corrected chi connectivity index (χ2v) is 5.62. The highest BCUT2D eigenvalue weighted by molar-refractivity contribution is 5.83. The lowest BCUT2D eigenvalue weighted by Gasteiger charge is -2.44. The Balaban J connectivity index is 1.45. The summed E-state index contributed by atoms with van der Waals surface area (Å²) in [5, 5.41) is 6.02. The molecule has 2 N–H and O–H groups in total. The van der Waals surface area contributed by atoms with Gasteiger partial charge in [-0.1, -0.05) is 0 Å². The van der Waals surface area contributed by atoms with Crippen LogP contribution in [0.25, 0.3) is 0 Å². The highest BCUT2D eigenvalue weighted by atomic mass is 16.2. The molecule has 4 heteroatoms. The molecule has 2 aliphatic carbocycles. The summed E-state index contributed by atoms with van der Waals surface area (Å²) in [7, 11) is 0. The molecule has 3 fully saturated rings. The van der Waals surface area contributed by atoms with Crippen LogP contribution >= 0.6 is 0 Å². The molecule has 3 aliphatic rings. The quantitative estimate of drug-likeness (QED) is 0.733. The number of rotatable bonds is 3. The van der Waals surface area contributed by atoms with Gasteiger partial charge in [0, 0.05) is 24.4 Å². The molecule has 0 unspecified atom stereocenters. The fourth-order valence-corrected chi connectivity index (χ4v) is 2.86. The summed E-state index contributed by atoms with van der Waals surface area (Å²) in [6.07, 6.45) is 5.77. The van der Waals surface area contributed by atoms with Crippen molar-refractivity contribution >= 4 is 11.8 Å². The van der Waals surface area contributed by atoms with Crippen molar-refractivity contribution < 1.29 is 9.59 Å². The molecule has 0 aromatic heterocycles. The molecule has 1 spiro atoms. The zero-order valence-corrected chi connectivity index (χ0v) is 9.42. The van der Waals surface area contributed by atoms with Gasteiger partial charge in [0.25, 0.3) is 0 Å². The highest BCUT2D eigenvalue weighted by Crippen LogP contribution is 2.44. The van der Waals surface area contributed by atoms with E-state index in [4.69, 9.17) is 0 Å². The van der Waals surface area contributed by atoms with Gasteiger partial charge in [0.05, 0.1) is 0 Å². The van der Waals surface area contributed by atoms with Crippen molar-refractivity contribution in [2.45, 2.75) is 44.1 Å². The molecule has 1 heterocycles. The van der Waals surface area contributed by atoms with Crippen LogP contribution < -0.4 is 10.6 Å². The maximum absolute atomic E-state index is 11.8. The minimum absolute atomic E-state index is 0.0152. The molecule has 2 amide bonds. The van der Waals surface area contributed by atoms with Gasteiger partial charge < -0.3 is 10.6 Å². The summed E-state index contributed by atoms with van der Waals surface area (Å²) in [6, 6.07) is 0. The largest absolute Gasteiger partial charge is 0.356 e. The Morgan fingerprint density at radius 3 is 2.75 bits per heavy atom. The highest BCUT2D eigenvalue weighted by Gasteiger charge is 2.50. The third-order valence-corrected chi connectivity index (χ3v) is 4.14. The van der Waals surface area contributed by atoms with Crippen LogP contribution in [0.5, 0.6) is 0 Å². The molecular weight excluding hydrogens is 204 g/mol. The molecule has 0 aromatic rings. The van der Waals surface area contributed by atoms with Gasteiger partial charge in [0.2, 0.25) is 11.8 Å². The van der Waals surface area contributed by atoms with E-state index in [2.05, 4.69) is 10.6 Å². The lowest BCUT2D eigenvalue weighted by Crippen LogP contribution is -2.56. The lowest BCUT2D eigenvalue weighted by atomic mass is 9.67. The summed E-state index contributed by atoms with van der Waals surface area (Å²) in [5.74, 6) is 1.22. The van der Waals surface area contributed by atoms with Crippen LogP contribution in [0.3, 0.4) is 0 Å². The second-order valence-electron chi connectivity index (χ2n) is 5.62. The average Bonchev–Trinajstić information content (AvgIpc) is 2.94. The van der Waals surface area contributed by atoms with E-state index < -0.39 is 0 Å². The van der Waals surface area contributed by atoms with Crippen molar-refractivity contribution in [1.82, 2.24) is 10.6 Å². The van der Waals surface area contributed by atoms with Crippen LogP contribution in [0, 0.1) is 11.8 Å². The fourth-order valence-electron chi connectivity index (χ4n) is 2.86. The Morgan fingerprint density at radius 1 is 1.44 bits per heavy atom. The Kier molecular flexibility index (Phi) is 2.19. The Hall–Kier alpha value is -1.06. The number of hydrogen-bond donors (Lipinski definition) is 2. The summed E-state index contributed by atoms with van der Waals surface area (Å²) in [5.41, 5.74) is -0.0152. The molecular formula is C12H18N2O2. The SMILES string of the molecule is O=C1CC[C@]2(C[C@H](C(=O)NCC3CC3)C2)N1. The second kappa shape index (κ2) is 3.47. The van der Waals surface area contributed by atoms with Crippen LogP contribution in [0.1, 0.15) is 38.5 Å². The number of nitrogens with one attached hydrogen (secondary N) is 2. The number of carbonyl (C=O) groups is 2. The zero-order chi connectivity index (χ0) is 11.2. The van der Waals surface area contributed by atoms with Crippen LogP contribution in [-0.4, -0.2) is 23.9 Å². The first-order valence-corrected chi connectivity index (χ1v) is 6.26. The number of carbonyl (C=O) groups excluding carboxylic acids is 2. The molecule has 0 radical (unpaired) electrons. The first-order chi connectivity index (χ1) is 7.67. The minimum atomic E-state index is -0.0152. The van der Waals surface area contributed by atoms with Crippen molar-refractivity contribution in [2.75, 3.05) is 6.54 Å². The molecule has 2 saturated carbocycles. The monoisotopic (exact) mass is 222 g/mol. The first-order valence-electron chi connectivity index (χ1n) is 6.26. The van der Waals surface area contributed by atoms with Gasteiger partial charge in [-0.3, -0.25) is 9.59 Å². The van der Waals surface area contributed by atoms with Gasteiger partial charge in [-0.2, -0.15) is 0 Å². The molecule has 3 rings (SSSR count). The van der Waals surface area contributed by atoms with Crippen molar-refractivity contribution in [1.29, 1.82) is 0 Å². The van der Waals surface area contributed by atoms with Crippen molar-refractivity contribution in [3.8, 4) is 0 Å². The predicted molar refractivity (Wildman–Crippen MR) is 58.6 cm³/mol. The van der Waals surface area contributed by atoms with Crippen molar-refractivity contribution in [2.24, 2.45) is 11.8 Å². The van der Waals surface area contributed by atoms with E-state index in [0.717, 1.165) is 31.7 Å². The van der Waals surface area contributed by atoms with E-state index in [1.807, 2.05) is 0 Å². The molecule has 16 heavy (non-hydrogen) atoms. The fraction of sp³-hybridized carbons (Fsp3) is 0.833. The van der Waals surface area contributed by atoms with Crippen LogP contribution in [0.15, 0.2) is 0 Å². The first kappa shape index (κ1) is 10.1. The summed E-state index contributed by atoms with van der Waals surface area (Å²) >= 11 is 0. The smallest absolute Gasteiger partial charge is 0.223 e. The molecule has 0 atom stereocenters. The average molecular weight is 222 g/mol. The van der Waals surface area contributed by atoms with Gasteiger partial charge in [0.15, 0.2) is 0 Å². The molecule has 1 saturated heterocycles. The molecule has 0 bridgehead atoms. The molecule has 0 aromatic carbocycles. The van der Waals surface area contributed by atoms with E-state index in [1.54, 1.807) is 0 Å². The standard InChI is InChI=1S/C12H18N2O2/c15-10-3-4-12(14-10)5-9(6-12)11(16)13-7-8-1-2-8/h8-9H,1-7H2,(H,13,16)(H,14,15)/t9-,12+. The van der Waals surface area contributed by atoms with Gasteiger partial charge >= 0.3 is 0 Å². The topological polar surface area (TPSA) is 58.2 Å². The van der Waals surface area contributed by atoms with E-state index in [9.17, 15) is 9.59 Å². The normalized spacial score (nSPS) is 37.0. The third kappa shape index (κ3) is 1.81. The van der Waals surface area contributed by atoms with Gasteiger partial charge in [-0.05, 0) is 38.0 Å². The van der Waals surface area contributed by atoms with E-state index >= 15 is 0 Å². The molecule has 1 aliphatic heterocycles. The minimum Gasteiger partial charge on any atom is -0.356 e. The van der Waals surface area contributed by atoms with Gasteiger partial charge in [0.1, 0.15) is 0 Å². The predicted octanol–water partition coefficient (Wildman–Crippen LogP) is 0.571. The molecule has 88 valence electrons. The number of amides is 2. The molecule has 4 nitrogen and oxygen atoms in total. The third-order valence-electron chi connectivity index (χ3n) is 4.14. The summed E-state index contributed by atoms with van der Waals surface area (Å²) in [6.45, 7) is 0.856. The van der Waals surface area contributed by atoms with Gasteiger partial charge in [-0.25, -0.2) is 0 Å². The van der Waals surface area contributed by atoms with Crippen molar-refractivity contribution in [3.05, 3.63) is 0 Å². The zero-order valence-electron chi connectivity index (χ0n) is 9.42. The Labute approximate surface area is 95.2 Å².